The molecule has 0 aliphatic heterocycles. The van der Waals surface area contributed by atoms with Gasteiger partial charge in [0.2, 0.25) is 11.2 Å². The Morgan fingerprint density at radius 2 is 1.24 bits per heavy atom. The van der Waals surface area contributed by atoms with Crippen LogP contribution in [0.1, 0.15) is 41.5 Å². The summed E-state index contributed by atoms with van der Waals surface area (Å²) in [6, 6.07) is 8.52. The number of benzene rings is 2. The third-order valence-corrected chi connectivity index (χ3v) is 5.16. The topological polar surface area (TPSA) is 128 Å². The van der Waals surface area contributed by atoms with Gasteiger partial charge in [-0.25, -0.2) is 0 Å². The second-order valence-electron chi connectivity index (χ2n) is 9.34. The van der Waals surface area contributed by atoms with E-state index in [0.717, 1.165) is 6.07 Å². The van der Waals surface area contributed by atoms with Crippen molar-refractivity contribution in [3.63, 3.8) is 0 Å². The van der Waals surface area contributed by atoms with Gasteiger partial charge in [0.05, 0.1) is 30.9 Å². The highest BCUT2D eigenvalue weighted by atomic mass is 16.6. The highest BCUT2D eigenvalue weighted by Crippen LogP contribution is 2.44. The monoisotopic (exact) mass is 526 g/mol. The number of carbonyl (C=O) groups excluding carboxylic acids is 3. The molecule has 38 heavy (non-hydrogen) atoms. The number of methoxy groups -OCH3 is 1. The Balaban J connectivity index is 2.06. The highest BCUT2D eigenvalue weighted by Gasteiger charge is 2.26. The molecule has 0 radical (unpaired) electrons. The first-order valence-corrected chi connectivity index (χ1v) is 12.0. The quantitative estimate of drug-likeness (QED) is 0.268. The van der Waals surface area contributed by atoms with E-state index >= 15 is 0 Å². The number of carbonyl (C=O) groups is 3. The number of rotatable bonds is 9. The van der Waals surface area contributed by atoms with Gasteiger partial charge in [0.25, 0.3) is 5.95 Å². The van der Waals surface area contributed by atoms with E-state index < -0.39 is 29.2 Å². The van der Waals surface area contributed by atoms with Crippen molar-refractivity contribution in [1.29, 1.82) is 0 Å². The minimum absolute atomic E-state index is 0.0612. The van der Waals surface area contributed by atoms with E-state index in [1.54, 1.807) is 41.5 Å². The van der Waals surface area contributed by atoms with Crippen molar-refractivity contribution >= 4 is 28.9 Å². The van der Waals surface area contributed by atoms with Crippen LogP contribution < -0.4 is 29.1 Å². The van der Waals surface area contributed by atoms with E-state index in [1.807, 2.05) is 0 Å². The van der Waals surface area contributed by atoms with Crippen LogP contribution >= 0.6 is 0 Å². The molecule has 0 spiro atoms. The summed E-state index contributed by atoms with van der Waals surface area (Å²) in [7, 11) is 1.29. The molecule has 0 saturated heterocycles. The molecular weight excluding hydrogens is 496 g/mol. The fraction of sp³-hybridized carbons (Fsp3) is 0.357. The van der Waals surface area contributed by atoms with E-state index in [0.29, 0.717) is 11.5 Å². The lowest BCUT2D eigenvalue weighted by molar-refractivity contribution is -0.138. The molecule has 0 aliphatic rings. The third kappa shape index (κ3) is 6.50. The normalized spacial score (nSPS) is 11.1. The van der Waals surface area contributed by atoms with Gasteiger partial charge in [0.1, 0.15) is 22.5 Å². The maximum Gasteiger partial charge on any atom is 0.313 e. The van der Waals surface area contributed by atoms with Gasteiger partial charge in [-0.3, -0.25) is 19.2 Å². The van der Waals surface area contributed by atoms with Gasteiger partial charge in [0.15, 0.2) is 11.5 Å². The Hall–Kier alpha value is -4.34. The van der Waals surface area contributed by atoms with Gasteiger partial charge in [-0.1, -0.05) is 41.5 Å². The minimum Gasteiger partial charge on any atom is -0.490 e. The summed E-state index contributed by atoms with van der Waals surface area (Å²) < 4.78 is 33.1. The zero-order valence-corrected chi connectivity index (χ0v) is 22.3. The summed E-state index contributed by atoms with van der Waals surface area (Å²) in [5.74, 6) is -2.84. The Kier molecular flexibility index (Phi) is 8.77. The molecule has 0 unspecified atom stereocenters. The number of hydrogen-bond acceptors (Lipinski definition) is 10. The predicted octanol–water partition coefficient (Wildman–Crippen LogP) is 5.28. The average molecular weight is 527 g/mol. The molecular formula is C28H30O10. The van der Waals surface area contributed by atoms with Crippen LogP contribution in [0.25, 0.3) is 11.0 Å². The number of esters is 3. The van der Waals surface area contributed by atoms with Crippen molar-refractivity contribution in [2.75, 3.05) is 7.11 Å². The van der Waals surface area contributed by atoms with E-state index in [2.05, 4.69) is 0 Å². The summed E-state index contributed by atoms with van der Waals surface area (Å²) in [4.78, 5) is 49.7. The van der Waals surface area contributed by atoms with Crippen molar-refractivity contribution in [3.8, 4) is 34.7 Å². The van der Waals surface area contributed by atoms with Crippen LogP contribution in [0.5, 0.6) is 34.7 Å². The summed E-state index contributed by atoms with van der Waals surface area (Å²) in [5, 5.41) is -0.0940. The molecule has 1 heterocycles. The SMILES string of the molecule is COc1c(OC(=O)C(C)C)cc2oc(Oc3ccc(OC(=O)C(C)C)cc3)cc(=O)c2c1OC(=O)C(C)C. The van der Waals surface area contributed by atoms with Crippen LogP contribution in [-0.2, 0) is 14.4 Å². The minimum atomic E-state index is -0.630. The molecule has 3 aromatic rings. The highest BCUT2D eigenvalue weighted by molar-refractivity contribution is 5.93. The first kappa shape index (κ1) is 28.2. The lowest BCUT2D eigenvalue weighted by atomic mass is 10.1. The Morgan fingerprint density at radius 1 is 0.711 bits per heavy atom. The smallest absolute Gasteiger partial charge is 0.313 e. The largest absolute Gasteiger partial charge is 0.490 e. The van der Waals surface area contributed by atoms with Crippen LogP contribution in [0.2, 0.25) is 0 Å². The van der Waals surface area contributed by atoms with Crippen molar-refractivity contribution in [2.45, 2.75) is 41.5 Å². The first-order chi connectivity index (χ1) is 17.9. The maximum absolute atomic E-state index is 13.2. The number of fused-ring (bicyclic) bond motifs is 1. The van der Waals surface area contributed by atoms with Gasteiger partial charge in [0, 0.05) is 6.07 Å². The molecule has 0 aliphatic carbocycles. The third-order valence-electron chi connectivity index (χ3n) is 5.16. The Labute approximate surface area is 219 Å². The summed E-state index contributed by atoms with van der Waals surface area (Å²) in [5.41, 5.74) is -0.649. The molecule has 0 bridgehead atoms. The lowest BCUT2D eigenvalue weighted by Crippen LogP contribution is -2.18. The Morgan fingerprint density at radius 3 is 1.79 bits per heavy atom. The van der Waals surface area contributed by atoms with Gasteiger partial charge >= 0.3 is 17.9 Å². The van der Waals surface area contributed by atoms with Crippen LogP contribution in [0, 0.1) is 17.8 Å². The number of ether oxygens (including phenoxy) is 5. The summed E-state index contributed by atoms with van der Waals surface area (Å²) in [6.07, 6.45) is 0. The molecule has 0 atom stereocenters. The molecule has 10 nitrogen and oxygen atoms in total. The summed E-state index contributed by atoms with van der Waals surface area (Å²) in [6.45, 7) is 10.0. The van der Waals surface area contributed by atoms with E-state index in [4.69, 9.17) is 28.1 Å². The van der Waals surface area contributed by atoms with Gasteiger partial charge < -0.3 is 28.1 Å². The van der Waals surface area contributed by atoms with Gasteiger partial charge in [-0.05, 0) is 24.3 Å². The fourth-order valence-corrected chi connectivity index (χ4v) is 3.01. The lowest BCUT2D eigenvalue weighted by Gasteiger charge is -2.17. The van der Waals surface area contributed by atoms with Crippen LogP contribution in [0.15, 0.2) is 45.6 Å². The Bertz CT molecular complexity index is 1400. The van der Waals surface area contributed by atoms with Crippen LogP contribution in [0.3, 0.4) is 0 Å². The van der Waals surface area contributed by atoms with Crippen molar-refractivity contribution in [2.24, 2.45) is 17.8 Å². The molecule has 0 saturated carbocycles. The summed E-state index contributed by atoms with van der Waals surface area (Å²) >= 11 is 0. The maximum atomic E-state index is 13.2. The van der Waals surface area contributed by atoms with Crippen molar-refractivity contribution < 1.29 is 42.5 Å². The zero-order chi connectivity index (χ0) is 28.1. The van der Waals surface area contributed by atoms with Crippen molar-refractivity contribution in [3.05, 3.63) is 46.6 Å². The molecule has 0 N–H and O–H groups in total. The number of hydrogen-bond donors (Lipinski definition) is 0. The average Bonchev–Trinajstić information content (AvgIpc) is 2.84. The van der Waals surface area contributed by atoms with Crippen LogP contribution in [0.4, 0.5) is 0 Å². The van der Waals surface area contributed by atoms with E-state index in [1.165, 1.54) is 37.4 Å². The second-order valence-corrected chi connectivity index (χ2v) is 9.34. The fourth-order valence-electron chi connectivity index (χ4n) is 3.01. The zero-order valence-electron chi connectivity index (χ0n) is 22.3. The molecule has 10 heteroatoms. The molecule has 2 aromatic carbocycles. The molecule has 0 fully saturated rings. The standard InChI is InChI=1S/C28H30O10/c1-14(2)26(30)35-18-10-8-17(9-11-18)34-22-12-19(29)23-20(36-22)13-21(37-27(31)15(3)4)24(33-7)25(23)38-28(32)16(5)6/h8-16H,1-7H3. The van der Waals surface area contributed by atoms with Crippen molar-refractivity contribution in [1.82, 2.24) is 0 Å². The first-order valence-electron chi connectivity index (χ1n) is 12.0. The van der Waals surface area contributed by atoms with Gasteiger partial charge in [-0.15, -0.1) is 0 Å². The van der Waals surface area contributed by atoms with E-state index in [-0.39, 0.29) is 46.1 Å². The van der Waals surface area contributed by atoms with Crippen LogP contribution in [-0.4, -0.2) is 25.0 Å². The van der Waals surface area contributed by atoms with E-state index in [9.17, 15) is 19.2 Å². The molecule has 202 valence electrons. The van der Waals surface area contributed by atoms with Gasteiger partial charge in [-0.2, -0.15) is 0 Å². The molecule has 0 amide bonds. The molecule has 1 aromatic heterocycles. The second kappa shape index (κ2) is 11.8. The predicted molar refractivity (Wildman–Crippen MR) is 137 cm³/mol. The molecule has 3 rings (SSSR count).